The number of rotatable bonds is 11. The summed E-state index contributed by atoms with van der Waals surface area (Å²) in [6.45, 7) is 5.24. The third-order valence-electron chi connectivity index (χ3n) is 4.58. The summed E-state index contributed by atoms with van der Waals surface area (Å²) < 4.78 is 0. The Morgan fingerprint density at radius 2 is 2.04 bits per heavy atom. The molecule has 1 aromatic heterocycles. The molecule has 2 aromatic rings. The van der Waals surface area contributed by atoms with Gasteiger partial charge in [0.1, 0.15) is 11.7 Å². The molecule has 0 fully saturated rings. The molecule has 8 nitrogen and oxygen atoms in total. The van der Waals surface area contributed by atoms with Crippen molar-refractivity contribution in [2.75, 3.05) is 32.7 Å². The van der Waals surface area contributed by atoms with Crippen LogP contribution in [0, 0.1) is 0 Å². The van der Waals surface area contributed by atoms with Crippen LogP contribution in [0.3, 0.4) is 0 Å². The van der Waals surface area contributed by atoms with Crippen LogP contribution in [-0.4, -0.2) is 59.3 Å². The number of imidazole rings is 1. The maximum atomic E-state index is 12.2. The topological polar surface area (TPSA) is 111 Å². The van der Waals surface area contributed by atoms with E-state index in [9.17, 15) is 4.79 Å². The van der Waals surface area contributed by atoms with Gasteiger partial charge >= 0.3 is 0 Å². The minimum atomic E-state index is -0.0412. The van der Waals surface area contributed by atoms with Crippen molar-refractivity contribution < 1.29 is 4.79 Å². The number of nitrogens with one attached hydrogen (secondary N) is 3. The Bertz CT molecular complexity index is 755. The van der Waals surface area contributed by atoms with Crippen molar-refractivity contribution in [2.45, 2.75) is 25.9 Å². The highest BCUT2D eigenvalue weighted by Gasteiger charge is 2.14. The van der Waals surface area contributed by atoms with E-state index >= 15 is 0 Å². The fourth-order valence-electron chi connectivity index (χ4n) is 3.12. The fraction of sp³-hybridized carbons (Fsp3) is 0.450. The van der Waals surface area contributed by atoms with Gasteiger partial charge in [-0.15, -0.1) is 0 Å². The van der Waals surface area contributed by atoms with Crippen molar-refractivity contribution in [2.24, 2.45) is 10.7 Å². The number of hydrogen-bond acceptors (Lipinski definition) is 6. The molecule has 8 heteroatoms. The Morgan fingerprint density at radius 3 is 2.71 bits per heavy atom. The molecule has 1 aliphatic rings. The van der Waals surface area contributed by atoms with Gasteiger partial charge in [0, 0.05) is 37.6 Å². The zero-order chi connectivity index (χ0) is 19.6. The second-order valence-electron chi connectivity index (χ2n) is 6.88. The average molecular weight is 384 g/mol. The molecule has 150 valence electrons. The molecule has 0 spiro atoms. The largest absolute Gasteiger partial charge is 0.371 e. The number of amides is 1. The van der Waals surface area contributed by atoms with Gasteiger partial charge in [-0.05, 0) is 37.1 Å². The van der Waals surface area contributed by atoms with E-state index < -0.39 is 0 Å². The van der Waals surface area contributed by atoms with E-state index in [2.05, 4.69) is 30.5 Å². The lowest BCUT2D eigenvalue weighted by Crippen LogP contribution is -2.34. The van der Waals surface area contributed by atoms with E-state index in [1.807, 2.05) is 30.5 Å². The Hall–Kier alpha value is -2.71. The van der Waals surface area contributed by atoms with E-state index in [1.54, 1.807) is 6.20 Å². The molecule has 0 unspecified atom stereocenters. The molecule has 0 aliphatic carbocycles. The number of aromatic nitrogens is 2. The molecule has 0 saturated carbocycles. The first-order chi connectivity index (χ1) is 13.7. The summed E-state index contributed by atoms with van der Waals surface area (Å²) in [6, 6.07) is 7.77. The monoisotopic (exact) mass is 383 g/mol. The van der Waals surface area contributed by atoms with Gasteiger partial charge in [0.15, 0.2) is 0 Å². The summed E-state index contributed by atoms with van der Waals surface area (Å²) in [7, 11) is 0. The lowest BCUT2D eigenvalue weighted by molar-refractivity contribution is 0.0953. The molecule has 0 saturated heterocycles. The van der Waals surface area contributed by atoms with Gasteiger partial charge in [-0.1, -0.05) is 12.1 Å². The van der Waals surface area contributed by atoms with Crippen LogP contribution >= 0.6 is 0 Å². The van der Waals surface area contributed by atoms with Crippen LogP contribution in [-0.2, 0) is 13.1 Å². The van der Waals surface area contributed by atoms with Crippen LogP contribution in [0.15, 0.2) is 41.7 Å². The highest BCUT2D eigenvalue weighted by molar-refractivity contribution is 5.94. The number of carbonyl (C=O) groups excluding carboxylic acids is 1. The van der Waals surface area contributed by atoms with Crippen LogP contribution in [0.2, 0.25) is 0 Å². The molecular formula is C20H29N7O. The number of nitrogens with zero attached hydrogens (tertiary/aromatic N) is 3. The fourth-order valence-corrected chi connectivity index (χ4v) is 3.12. The molecule has 2 heterocycles. The van der Waals surface area contributed by atoms with E-state index in [1.165, 1.54) is 0 Å². The van der Waals surface area contributed by atoms with Crippen molar-refractivity contribution in [3.8, 4) is 0 Å². The third kappa shape index (κ3) is 6.17. The van der Waals surface area contributed by atoms with Crippen molar-refractivity contribution in [1.82, 2.24) is 25.5 Å². The van der Waals surface area contributed by atoms with Crippen molar-refractivity contribution in [3.05, 3.63) is 53.6 Å². The highest BCUT2D eigenvalue weighted by Crippen LogP contribution is 2.10. The second-order valence-corrected chi connectivity index (χ2v) is 6.88. The quantitative estimate of drug-likeness (QED) is 0.431. The highest BCUT2D eigenvalue weighted by atomic mass is 16.1. The molecule has 28 heavy (non-hydrogen) atoms. The van der Waals surface area contributed by atoms with Crippen LogP contribution in [0.25, 0.3) is 0 Å². The minimum absolute atomic E-state index is 0.0412. The number of nitrogens with two attached hydrogens (primary N) is 1. The van der Waals surface area contributed by atoms with Crippen molar-refractivity contribution >= 4 is 11.7 Å². The van der Waals surface area contributed by atoms with E-state index in [0.29, 0.717) is 25.2 Å². The first kappa shape index (κ1) is 20.0. The van der Waals surface area contributed by atoms with Crippen LogP contribution in [0.5, 0.6) is 0 Å². The maximum Gasteiger partial charge on any atom is 0.251 e. The average Bonchev–Trinajstić information content (AvgIpc) is 3.40. The number of aliphatic imine (C=N–C) groups is 1. The van der Waals surface area contributed by atoms with Gasteiger partial charge in [0.25, 0.3) is 5.91 Å². The van der Waals surface area contributed by atoms with Crippen molar-refractivity contribution in [1.29, 1.82) is 0 Å². The van der Waals surface area contributed by atoms with Crippen molar-refractivity contribution in [3.63, 3.8) is 0 Å². The smallest absolute Gasteiger partial charge is 0.251 e. The summed E-state index contributed by atoms with van der Waals surface area (Å²) >= 11 is 0. The number of unbranched alkanes of at least 4 members (excludes halogenated alkanes) is 1. The lowest BCUT2D eigenvalue weighted by Gasteiger charge is -2.21. The standard InChI is InChI=1S/C20H29N7O/c21-7-1-2-8-26-20(28)17-5-3-16(4-6-17)13-27(14-18-22-9-10-23-18)15-19-24-11-12-25-19/h3-6,9-10H,1-2,7-8,11-15,21H2,(H,22,23)(H,24,25)(H,26,28). The summed E-state index contributed by atoms with van der Waals surface area (Å²) in [5.74, 6) is 1.90. The normalized spacial score (nSPS) is 13.4. The Balaban J connectivity index is 1.57. The number of hydrogen-bond donors (Lipinski definition) is 4. The number of amidine groups is 1. The first-order valence-electron chi connectivity index (χ1n) is 9.79. The minimum Gasteiger partial charge on any atom is -0.371 e. The molecule has 3 rings (SSSR count). The zero-order valence-corrected chi connectivity index (χ0v) is 16.2. The molecule has 0 bridgehead atoms. The molecule has 1 aromatic carbocycles. The summed E-state index contributed by atoms with van der Waals surface area (Å²) in [5.41, 5.74) is 7.29. The molecule has 1 aliphatic heterocycles. The molecule has 0 radical (unpaired) electrons. The molecule has 0 atom stereocenters. The van der Waals surface area contributed by atoms with Gasteiger partial charge in [-0.3, -0.25) is 14.7 Å². The van der Waals surface area contributed by atoms with Crippen LogP contribution < -0.4 is 16.4 Å². The van der Waals surface area contributed by atoms with Gasteiger partial charge < -0.3 is 21.4 Å². The number of H-pyrrole nitrogens is 1. The Morgan fingerprint density at radius 1 is 1.18 bits per heavy atom. The van der Waals surface area contributed by atoms with Crippen LogP contribution in [0.4, 0.5) is 0 Å². The Kier molecular flexibility index (Phi) is 7.57. The predicted octanol–water partition coefficient (Wildman–Crippen LogP) is 0.882. The summed E-state index contributed by atoms with van der Waals surface area (Å²) in [5, 5.41) is 6.25. The summed E-state index contributed by atoms with van der Waals surface area (Å²) in [4.78, 5) is 26.5. The number of carbonyl (C=O) groups is 1. The lowest BCUT2D eigenvalue weighted by atomic mass is 10.1. The van der Waals surface area contributed by atoms with E-state index in [4.69, 9.17) is 5.73 Å². The third-order valence-corrected chi connectivity index (χ3v) is 4.58. The van der Waals surface area contributed by atoms with Gasteiger partial charge in [-0.25, -0.2) is 4.98 Å². The molecular weight excluding hydrogens is 354 g/mol. The summed E-state index contributed by atoms with van der Waals surface area (Å²) in [6.07, 6.45) is 5.42. The second kappa shape index (κ2) is 10.6. The first-order valence-corrected chi connectivity index (χ1v) is 9.79. The van der Waals surface area contributed by atoms with Gasteiger partial charge in [0.05, 0.1) is 19.6 Å². The van der Waals surface area contributed by atoms with Gasteiger partial charge in [-0.2, -0.15) is 0 Å². The molecule has 5 N–H and O–H groups in total. The van der Waals surface area contributed by atoms with E-state index in [0.717, 1.165) is 56.2 Å². The zero-order valence-electron chi connectivity index (χ0n) is 16.2. The Labute approximate surface area is 165 Å². The van der Waals surface area contributed by atoms with Gasteiger partial charge in [0.2, 0.25) is 0 Å². The SMILES string of the molecule is NCCCCNC(=O)c1ccc(CN(CC2=NCCN2)Cc2ncc[nH]2)cc1. The molecule has 1 amide bonds. The van der Waals surface area contributed by atoms with E-state index in [-0.39, 0.29) is 5.91 Å². The predicted molar refractivity (Wildman–Crippen MR) is 110 cm³/mol. The van der Waals surface area contributed by atoms with Crippen LogP contribution in [0.1, 0.15) is 34.6 Å². The number of aromatic amines is 1. The maximum absolute atomic E-state index is 12.2. The number of benzene rings is 1.